The van der Waals surface area contributed by atoms with E-state index >= 15 is 0 Å². The largest absolute Gasteiger partial charge is 0.354 e. The number of amides is 1. The van der Waals surface area contributed by atoms with Crippen molar-refractivity contribution in [2.24, 2.45) is 4.99 Å². The Hall–Kier alpha value is -3.13. The Labute approximate surface area is 184 Å². The summed E-state index contributed by atoms with van der Waals surface area (Å²) in [6.45, 7) is 5.38. The summed E-state index contributed by atoms with van der Waals surface area (Å²) in [5, 5.41) is 6.77. The van der Waals surface area contributed by atoms with Gasteiger partial charge in [0.15, 0.2) is 5.96 Å². The highest BCUT2D eigenvalue weighted by Gasteiger charge is 2.31. The zero-order valence-electron chi connectivity index (χ0n) is 18.3. The maximum atomic E-state index is 12.5. The van der Waals surface area contributed by atoms with Crippen molar-refractivity contribution in [1.82, 2.24) is 20.5 Å². The molecule has 4 rings (SSSR count). The van der Waals surface area contributed by atoms with Gasteiger partial charge in [-0.15, -0.1) is 0 Å². The Morgan fingerprint density at radius 3 is 2.68 bits per heavy atom. The molecule has 0 spiro atoms. The molecule has 2 saturated heterocycles. The Balaban J connectivity index is 1.31. The minimum absolute atomic E-state index is 0.0252. The van der Waals surface area contributed by atoms with Crippen LogP contribution in [0.1, 0.15) is 12.0 Å². The van der Waals surface area contributed by atoms with Crippen molar-refractivity contribution in [3.05, 3.63) is 54.2 Å². The summed E-state index contributed by atoms with van der Waals surface area (Å²) in [6, 6.07) is 14.0. The monoisotopic (exact) mass is 421 g/mol. The molecule has 2 fully saturated rings. The predicted molar refractivity (Wildman–Crippen MR) is 124 cm³/mol. The van der Waals surface area contributed by atoms with Crippen molar-refractivity contribution < 1.29 is 4.79 Å². The lowest BCUT2D eigenvalue weighted by Crippen LogP contribution is -2.45. The van der Waals surface area contributed by atoms with Crippen molar-refractivity contribution in [3.63, 3.8) is 0 Å². The number of carbonyl (C=O) groups excluding carboxylic acids is 1. The number of nitrogens with one attached hydrogen (secondary N) is 2. The third kappa shape index (κ3) is 5.32. The van der Waals surface area contributed by atoms with E-state index in [1.54, 1.807) is 7.05 Å². The molecular weight excluding hydrogens is 390 g/mol. The van der Waals surface area contributed by atoms with E-state index in [9.17, 15) is 4.79 Å². The number of carbonyl (C=O) groups is 1. The van der Waals surface area contributed by atoms with E-state index in [1.807, 2.05) is 47.5 Å². The van der Waals surface area contributed by atoms with Gasteiger partial charge in [-0.05, 0) is 36.9 Å². The van der Waals surface area contributed by atoms with Gasteiger partial charge in [0.2, 0.25) is 5.91 Å². The van der Waals surface area contributed by atoms with Crippen LogP contribution in [0.4, 0.5) is 11.5 Å². The van der Waals surface area contributed by atoms with E-state index in [0.29, 0.717) is 25.5 Å². The third-order valence-corrected chi connectivity index (χ3v) is 5.85. The van der Waals surface area contributed by atoms with Crippen LogP contribution >= 0.6 is 0 Å². The number of hydrogen-bond acceptors (Lipinski definition) is 5. The highest BCUT2D eigenvalue weighted by atomic mass is 16.2. The molecule has 3 heterocycles. The Morgan fingerprint density at radius 2 is 1.94 bits per heavy atom. The number of para-hydroxylation sites is 1. The second-order valence-electron chi connectivity index (χ2n) is 8.12. The summed E-state index contributed by atoms with van der Waals surface area (Å²) < 4.78 is 0. The summed E-state index contributed by atoms with van der Waals surface area (Å²) in [6.07, 6.45) is 2.33. The van der Waals surface area contributed by atoms with E-state index in [4.69, 9.17) is 0 Å². The molecule has 1 aromatic carbocycles. The fraction of sp³-hybridized carbons (Fsp3) is 0.435. The fourth-order valence-corrected chi connectivity index (χ4v) is 4.01. The smallest absolute Gasteiger partial charge is 0.229 e. The highest BCUT2D eigenvalue weighted by Crippen LogP contribution is 2.21. The first-order valence-electron chi connectivity index (χ1n) is 10.8. The van der Waals surface area contributed by atoms with E-state index < -0.39 is 0 Å². The molecule has 1 aromatic heterocycles. The van der Waals surface area contributed by atoms with Crippen LogP contribution in [0.15, 0.2) is 53.7 Å². The van der Waals surface area contributed by atoms with E-state index in [0.717, 1.165) is 43.2 Å². The number of hydrogen-bond donors (Lipinski definition) is 2. The number of anilines is 2. The van der Waals surface area contributed by atoms with Crippen LogP contribution in [0.5, 0.6) is 0 Å². The molecular formula is C23H31N7O. The summed E-state index contributed by atoms with van der Waals surface area (Å²) in [5.74, 6) is 1.85. The minimum Gasteiger partial charge on any atom is -0.354 e. The number of pyridine rings is 1. The van der Waals surface area contributed by atoms with Crippen molar-refractivity contribution in [2.45, 2.75) is 19.0 Å². The maximum Gasteiger partial charge on any atom is 0.229 e. The third-order valence-electron chi connectivity index (χ3n) is 5.85. The van der Waals surface area contributed by atoms with Gasteiger partial charge in [0.1, 0.15) is 5.82 Å². The standard InChI is InChI=1S/C23H31N7O/c1-24-23(27-19-15-22(31)30(17-19)20-6-4-3-5-7-20)26-16-18-8-9-25-21(14-18)29-12-10-28(2)11-13-29/h3-9,14,19H,10-13,15-17H2,1-2H3,(H2,24,26,27). The number of nitrogens with zero attached hydrogens (tertiary/aromatic N) is 5. The van der Waals surface area contributed by atoms with Crippen LogP contribution in [-0.2, 0) is 11.3 Å². The summed E-state index contributed by atoms with van der Waals surface area (Å²) in [5.41, 5.74) is 2.09. The molecule has 2 aromatic rings. The zero-order valence-corrected chi connectivity index (χ0v) is 18.3. The number of likely N-dealkylation sites (N-methyl/N-ethyl adjacent to an activating group) is 1. The lowest BCUT2D eigenvalue weighted by atomic mass is 10.2. The average Bonchev–Trinajstić information content (AvgIpc) is 3.18. The molecule has 0 bridgehead atoms. The van der Waals surface area contributed by atoms with Crippen LogP contribution in [0.25, 0.3) is 0 Å². The van der Waals surface area contributed by atoms with Crippen molar-refractivity contribution in [2.75, 3.05) is 56.6 Å². The zero-order chi connectivity index (χ0) is 21.6. The van der Waals surface area contributed by atoms with Crippen molar-refractivity contribution in [3.8, 4) is 0 Å². The number of aliphatic imine (C=N–C) groups is 1. The minimum atomic E-state index is 0.0252. The van der Waals surface area contributed by atoms with Crippen molar-refractivity contribution >= 4 is 23.4 Å². The first kappa shape index (κ1) is 21.1. The van der Waals surface area contributed by atoms with Crippen molar-refractivity contribution in [1.29, 1.82) is 0 Å². The first-order chi connectivity index (χ1) is 15.1. The molecule has 1 atom stereocenters. The molecule has 8 nitrogen and oxygen atoms in total. The van der Waals surface area contributed by atoms with Gasteiger partial charge in [0, 0.05) is 64.6 Å². The van der Waals surface area contributed by atoms with Crippen LogP contribution in [-0.4, -0.2) is 74.6 Å². The Morgan fingerprint density at radius 1 is 1.16 bits per heavy atom. The van der Waals surface area contributed by atoms with Gasteiger partial charge in [-0.1, -0.05) is 18.2 Å². The molecule has 31 heavy (non-hydrogen) atoms. The van der Waals surface area contributed by atoms with Gasteiger partial charge in [0.25, 0.3) is 0 Å². The van der Waals surface area contributed by atoms with Gasteiger partial charge in [-0.2, -0.15) is 0 Å². The lowest BCUT2D eigenvalue weighted by Gasteiger charge is -2.33. The normalized spacial score (nSPS) is 20.3. The first-order valence-corrected chi connectivity index (χ1v) is 10.8. The number of guanidine groups is 1. The molecule has 8 heteroatoms. The summed E-state index contributed by atoms with van der Waals surface area (Å²) in [7, 11) is 3.91. The predicted octanol–water partition coefficient (Wildman–Crippen LogP) is 1.30. The van der Waals surface area contributed by atoms with Gasteiger partial charge in [0.05, 0.1) is 6.04 Å². The molecule has 0 radical (unpaired) electrons. The van der Waals surface area contributed by atoms with Gasteiger partial charge in [-0.3, -0.25) is 9.79 Å². The van der Waals surface area contributed by atoms with Gasteiger partial charge < -0.3 is 25.3 Å². The highest BCUT2D eigenvalue weighted by molar-refractivity contribution is 5.97. The number of piperazine rings is 1. The molecule has 1 amide bonds. The van der Waals surface area contributed by atoms with Crippen LogP contribution < -0.4 is 20.4 Å². The maximum absolute atomic E-state index is 12.5. The quantitative estimate of drug-likeness (QED) is 0.560. The second kappa shape index (κ2) is 9.78. The van der Waals surface area contributed by atoms with Crippen LogP contribution in [0.3, 0.4) is 0 Å². The molecule has 164 valence electrons. The lowest BCUT2D eigenvalue weighted by molar-refractivity contribution is -0.117. The Bertz CT molecular complexity index is 909. The van der Waals surface area contributed by atoms with Gasteiger partial charge >= 0.3 is 0 Å². The molecule has 1 unspecified atom stereocenters. The van der Waals surface area contributed by atoms with E-state index in [-0.39, 0.29) is 11.9 Å². The fourth-order valence-electron chi connectivity index (χ4n) is 4.01. The Kier molecular flexibility index (Phi) is 6.66. The summed E-state index contributed by atoms with van der Waals surface area (Å²) >= 11 is 0. The average molecular weight is 422 g/mol. The molecule has 2 N–H and O–H groups in total. The van der Waals surface area contributed by atoms with Gasteiger partial charge in [-0.25, -0.2) is 4.98 Å². The van der Waals surface area contributed by atoms with Crippen LogP contribution in [0, 0.1) is 0 Å². The van der Waals surface area contributed by atoms with Crippen LogP contribution in [0.2, 0.25) is 0 Å². The SMILES string of the molecule is CN=C(NCc1ccnc(N2CCN(C)CC2)c1)NC1CC(=O)N(c2ccccc2)C1. The number of rotatable bonds is 5. The second-order valence-corrected chi connectivity index (χ2v) is 8.12. The molecule has 2 aliphatic heterocycles. The number of benzene rings is 1. The van der Waals surface area contributed by atoms with E-state index in [2.05, 4.69) is 43.5 Å². The number of aromatic nitrogens is 1. The molecule has 2 aliphatic rings. The van der Waals surface area contributed by atoms with E-state index in [1.165, 1.54) is 0 Å². The molecule has 0 saturated carbocycles. The topological polar surface area (TPSA) is 76.1 Å². The molecule has 0 aliphatic carbocycles. The summed E-state index contributed by atoms with van der Waals surface area (Å²) in [4.78, 5) is 27.9.